The lowest BCUT2D eigenvalue weighted by atomic mass is 10.0. The second-order valence-electron chi connectivity index (χ2n) is 7.13. The maximum atomic E-state index is 12.3. The maximum Gasteiger partial charge on any atom is 0.328 e. The van der Waals surface area contributed by atoms with Gasteiger partial charge in [0, 0.05) is 12.2 Å². The van der Waals surface area contributed by atoms with Crippen LogP contribution in [0.25, 0.3) is 0 Å². The van der Waals surface area contributed by atoms with Crippen molar-refractivity contribution in [3.05, 3.63) is 11.4 Å². The van der Waals surface area contributed by atoms with Gasteiger partial charge in [-0.2, -0.15) is 0 Å². The SMILES string of the molecule is COC(=O)[C@@H](CC(C)C)NC(=O)CSc1nc(C)c(C)n1CC(C)C. The minimum Gasteiger partial charge on any atom is -0.467 e. The van der Waals surface area contributed by atoms with Crippen molar-refractivity contribution in [1.82, 2.24) is 14.9 Å². The number of nitrogens with zero attached hydrogens (tertiary/aromatic N) is 2. The summed E-state index contributed by atoms with van der Waals surface area (Å²) in [5.41, 5.74) is 2.11. The number of ether oxygens (including phenoxy) is 1. The molecule has 0 aliphatic heterocycles. The van der Waals surface area contributed by atoms with E-state index in [0.717, 1.165) is 23.1 Å². The molecule has 0 bridgehead atoms. The Morgan fingerprint density at radius 1 is 1.20 bits per heavy atom. The Kier molecular flexibility index (Phi) is 8.48. The molecule has 1 aromatic rings. The second-order valence-corrected chi connectivity index (χ2v) is 8.07. The van der Waals surface area contributed by atoms with Gasteiger partial charge in [-0.1, -0.05) is 39.5 Å². The first-order valence-corrected chi connectivity index (χ1v) is 9.67. The fraction of sp³-hybridized carbons (Fsp3) is 0.722. The molecule has 0 fully saturated rings. The molecule has 0 aliphatic rings. The van der Waals surface area contributed by atoms with Crippen LogP contribution in [0.2, 0.25) is 0 Å². The number of esters is 1. The number of amides is 1. The van der Waals surface area contributed by atoms with Crippen molar-refractivity contribution in [3.8, 4) is 0 Å². The van der Waals surface area contributed by atoms with E-state index in [9.17, 15) is 9.59 Å². The third kappa shape index (κ3) is 6.72. The molecular formula is C18H31N3O3S. The number of thioether (sulfide) groups is 1. The van der Waals surface area contributed by atoms with E-state index in [1.165, 1.54) is 18.9 Å². The van der Waals surface area contributed by atoms with Crippen LogP contribution < -0.4 is 5.32 Å². The smallest absolute Gasteiger partial charge is 0.328 e. The zero-order valence-electron chi connectivity index (χ0n) is 16.4. The molecule has 1 aromatic heterocycles. The van der Waals surface area contributed by atoms with Crippen LogP contribution in [0.5, 0.6) is 0 Å². The lowest BCUT2D eigenvalue weighted by molar-refractivity contribution is -0.145. The third-order valence-electron chi connectivity index (χ3n) is 3.83. The van der Waals surface area contributed by atoms with Crippen LogP contribution in [0.3, 0.4) is 0 Å². The first-order valence-electron chi connectivity index (χ1n) is 8.69. The first-order chi connectivity index (χ1) is 11.6. The van der Waals surface area contributed by atoms with Crippen LogP contribution in [0.4, 0.5) is 0 Å². The average molecular weight is 370 g/mol. The summed E-state index contributed by atoms with van der Waals surface area (Å²) < 4.78 is 6.94. The van der Waals surface area contributed by atoms with Gasteiger partial charge in [0.05, 0.1) is 18.6 Å². The number of aromatic nitrogens is 2. The van der Waals surface area contributed by atoms with Gasteiger partial charge < -0.3 is 14.6 Å². The Hall–Kier alpha value is -1.50. The molecule has 0 spiro atoms. The third-order valence-corrected chi connectivity index (χ3v) is 4.81. The van der Waals surface area contributed by atoms with Crippen molar-refractivity contribution >= 4 is 23.6 Å². The van der Waals surface area contributed by atoms with Crippen LogP contribution in [0.15, 0.2) is 5.16 Å². The average Bonchev–Trinajstić information content (AvgIpc) is 2.78. The van der Waals surface area contributed by atoms with Crippen LogP contribution in [0.1, 0.15) is 45.5 Å². The number of hydrogen-bond donors (Lipinski definition) is 1. The normalized spacial score (nSPS) is 12.5. The van der Waals surface area contributed by atoms with Crippen molar-refractivity contribution < 1.29 is 14.3 Å². The van der Waals surface area contributed by atoms with Crippen LogP contribution in [-0.4, -0.2) is 40.3 Å². The van der Waals surface area contributed by atoms with E-state index in [-0.39, 0.29) is 17.6 Å². The highest BCUT2D eigenvalue weighted by Gasteiger charge is 2.23. The molecule has 1 rings (SSSR count). The summed E-state index contributed by atoms with van der Waals surface area (Å²) in [7, 11) is 1.34. The van der Waals surface area contributed by atoms with E-state index < -0.39 is 12.0 Å². The van der Waals surface area contributed by atoms with Crippen molar-refractivity contribution in [2.75, 3.05) is 12.9 Å². The number of methoxy groups -OCH3 is 1. The fourth-order valence-electron chi connectivity index (χ4n) is 2.51. The largest absolute Gasteiger partial charge is 0.467 e. The Balaban J connectivity index is 2.72. The molecule has 1 N–H and O–H groups in total. The van der Waals surface area contributed by atoms with Gasteiger partial charge in [0.15, 0.2) is 5.16 Å². The van der Waals surface area contributed by atoms with Crippen LogP contribution in [-0.2, 0) is 20.9 Å². The lowest BCUT2D eigenvalue weighted by Crippen LogP contribution is -2.43. The summed E-state index contributed by atoms with van der Waals surface area (Å²) in [6, 6.07) is -0.600. The molecule has 25 heavy (non-hydrogen) atoms. The highest BCUT2D eigenvalue weighted by atomic mass is 32.2. The topological polar surface area (TPSA) is 73.2 Å². The summed E-state index contributed by atoms with van der Waals surface area (Å²) in [5.74, 6) is 0.414. The van der Waals surface area contributed by atoms with Gasteiger partial charge in [0.25, 0.3) is 0 Å². The first kappa shape index (κ1) is 21.5. The maximum absolute atomic E-state index is 12.3. The predicted molar refractivity (Wildman–Crippen MR) is 101 cm³/mol. The van der Waals surface area contributed by atoms with E-state index in [0.29, 0.717) is 12.3 Å². The summed E-state index contributed by atoms with van der Waals surface area (Å²) in [6.07, 6.45) is 0.559. The molecule has 142 valence electrons. The summed E-state index contributed by atoms with van der Waals surface area (Å²) in [4.78, 5) is 28.7. The van der Waals surface area contributed by atoms with E-state index in [2.05, 4.69) is 28.7 Å². The highest BCUT2D eigenvalue weighted by molar-refractivity contribution is 7.99. The number of carbonyl (C=O) groups is 2. The highest BCUT2D eigenvalue weighted by Crippen LogP contribution is 2.22. The number of rotatable bonds is 9. The van der Waals surface area contributed by atoms with E-state index >= 15 is 0 Å². The molecule has 1 amide bonds. The monoisotopic (exact) mass is 369 g/mol. The summed E-state index contributed by atoms with van der Waals surface area (Å²) in [5, 5.41) is 3.62. The van der Waals surface area contributed by atoms with E-state index in [1.54, 1.807) is 0 Å². The van der Waals surface area contributed by atoms with Gasteiger partial charge in [-0.3, -0.25) is 4.79 Å². The Morgan fingerprint density at radius 3 is 2.36 bits per heavy atom. The van der Waals surface area contributed by atoms with Crippen molar-refractivity contribution in [2.24, 2.45) is 11.8 Å². The van der Waals surface area contributed by atoms with Gasteiger partial charge in [-0.05, 0) is 32.1 Å². The standard InChI is InChI=1S/C18H31N3O3S/c1-11(2)8-15(17(23)24-7)20-16(22)10-25-18-19-13(5)14(6)21(18)9-12(3)4/h11-12,15H,8-10H2,1-7H3,(H,20,22)/t15-/m1/s1. The van der Waals surface area contributed by atoms with Crippen LogP contribution >= 0.6 is 11.8 Å². The van der Waals surface area contributed by atoms with Gasteiger partial charge in [0.1, 0.15) is 6.04 Å². The molecule has 0 saturated carbocycles. The van der Waals surface area contributed by atoms with Gasteiger partial charge in [-0.25, -0.2) is 9.78 Å². The number of nitrogens with one attached hydrogen (secondary N) is 1. The van der Waals surface area contributed by atoms with Crippen molar-refractivity contribution in [1.29, 1.82) is 0 Å². The quantitative estimate of drug-likeness (QED) is 0.535. The number of aryl methyl sites for hydroxylation is 1. The molecule has 6 nitrogen and oxygen atoms in total. The van der Waals surface area contributed by atoms with E-state index in [1.807, 2.05) is 27.7 Å². The van der Waals surface area contributed by atoms with Crippen LogP contribution in [0, 0.1) is 25.7 Å². The Labute approximate surface area is 155 Å². The molecule has 0 radical (unpaired) electrons. The fourth-order valence-corrected chi connectivity index (χ4v) is 3.42. The number of imidazole rings is 1. The van der Waals surface area contributed by atoms with Gasteiger partial charge in [-0.15, -0.1) is 0 Å². The molecule has 7 heteroatoms. The zero-order chi connectivity index (χ0) is 19.1. The van der Waals surface area contributed by atoms with Crippen molar-refractivity contribution in [3.63, 3.8) is 0 Å². The molecule has 1 atom stereocenters. The molecule has 0 saturated heterocycles. The number of carbonyl (C=O) groups excluding carboxylic acids is 2. The molecule has 0 unspecified atom stereocenters. The van der Waals surface area contributed by atoms with Gasteiger partial charge >= 0.3 is 5.97 Å². The summed E-state index contributed by atoms with van der Waals surface area (Å²) in [6.45, 7) is 13.2. The predicted octanol–water partition coefficient (Wildman–Crippen LogP) is 2.95. The summed E-state index contributed by atoms with van der Waals surface area (Å²) >= 11 is 1.40. The number of hydrogen-bond acceptors (Lipinski definition) is 5. The van der Waals surface area contributed by atoms with E-state index in [4.69, 9.17) is 4.74 Å². The van der Waals surface area contributed by atoms with Crippen molar-refractivity contribution in [2.45, 2.75) is 65.7 Å². The minimum absolute atomic E-state index is 0.185. The Morgan fingerprint density at radius 2 is 1.84 bits per heavy atom. The second kappa shape index (κ2) is 9.85. The Bertz CT molecular complexity index is 597. The minimum atomic E-state index is -0.600. The molecule has 0 aromatic carbocycles. The molecule has 1 heterocycles. The molecule has 0 aliphatic carbocycles. The lowest BCUT2D eigenvalue weighted by Gasteiger charge is -2.18. The molecular weight excluding hydrogens is 338 g/mol. The zero-order valence-corrected chi connectivity index (χ0v) is 17.2. The van der Waals surface area contributed by atoms with Gasteiger partial charge in [0.2, 0.25) is 5.91 Å².